The summed E-state index contributed by atoms with van der Waals surface area (Å²) in [4.78, 5) is 0. The molecule has 2 aromatic rings. The first kappa shape index (κ1) is 11.6. The lowest BCUT2D eigenvalue weighted by Crippen LogP contribution is -1.76. The lowest BCUT2D eigenvalue weighted by Gasteiger charge is -1.90. The Labute approximate surface area is 108 Å². The Balaban J connectivity index is 2.14. The maximum atomic E-state index is 5.32. The summed E-state index contributed by atoms with van der Waals surface area (Å²) in [5.74, 6) is 14.2. The molecule has 0 heterocycles. The fraction of sp³-hybridized carbons (Fsp3) is 0. The summed E-state index contributed by atoms with van der Waals surface area (Å²) < 4.78 is 0. The highest BCUT2D eigenvalue weighted by Crippen LogP contribution is 2.01. The number of rotatable bonds is 0. The molecule has 0 atom stereocenters. The Kier molecular flexibility index (Phi) is 3.87. The van der Waals surface area contributed by atoms with Crippen molar-refractivity contribution in [3.05, 3.63) is 71.3 Å². The van der Waals surface area contributed by atoms with Crippen LogP contribution in [0.1, 0.15) is 16.7 Å². The fourth-order valence-corrected chi connectivity index (χ4v) is 1.42. The van der Waals surface area contributed by atoms with Crippen LogP contribution in [-0.2, 0) is 0 Å². The van der Waals surface area contributed by atoms with Crippen LogP contribution < -0.4 is 0 Å². The average Bonchev–Trinajstić information content (AvgIpc) is 2.45. The van der Waals surface area contributed by atoms with E-state index in [2.05, 4.69) is 29.6 Å². The molecule has 0 aliphatic carbocycles. The Hall–Kier alpha value is -2.88. The van der Waals surface area contributed by atoms with Gasteiger partial charge >= 0.3 is 0 Å². The molecule has 82 valence electrons. The molecule has 2 aromatic carbocycles. The molecule has 0 aromatic heterocycles. The van der Waals surface area contributed by atoms with E-state index in [4.69, 9.17) is 6.42 Å². The number of terminal acetylenes is 1. The molecule has 0 aliphatic rings. The molecule has 0 nitrogen and oxygen atoms in total. The maximum absolute atomic E-state index is 5.32. The second-order valence-corrected chi connectivity index (χ2v) is 3.59. The van der Waals surface area contributed by atoms with Crippen LogP contribution in [0.25, 0.3) is 0 Å². The van der Waals surface area contributed by atoms with Gasteiger partial charge in [0, 0.05) is 16.7 Å². The Morgan fingerprint density at radius 1 is 0.667 bits per heavy atom. The third kappa shape index (κ3) is 3.31. The van der Waals surface area contributed by atoms with E-state index < -0.39 is 0 Å². The molecule has 0 heteroatoms. The van der Waals surface area contributed by atoms with Crippen molar-refractivity contribution in [3.63, 3.8) is 0 Å². The van der Waals surface area contributed by atoms with E-state index in [1.165, 1.54) is 0 Å². The molecule has 0 fully saturated rings. The SMILES string of the molecule is C#Cc1cccc(C#CC#Cc2ccccc2)c1. The van der Waals surface area contributed by atoms with Crippen molar-refractivity contribution in [2.45, 2.75) is 0 Å². The molecule has 0 saturated heterocycles. The third-order valence-electron chi connectivity index (χ3n) is 2.28. The monoisotopic (exact) mass is 226 g/mol. The van der Waals surface area contributed by atoms with E-state index in [0.29, 0.717) is 0 Å². The van der Waals surface area contributed by atoms with Gasteiger partial charge in [0.05, 0.1) is 0 Å². The second kappa shape index (κ2) is 6.00. The molecular formula is C18H10. The van der Waals surface area contributed by atoms with Gasteiger partial charge in [-0.05, 0) is 42.2 Å². The van der Waals surface area contributed by atoms with Crippen molar-refractivity contribution < 1.29 is 0 Å². The summed E-state index contributed by atoms with van der Waals surface area (Å²) in [5, 5.41) is 0. The van der Waals surface area contributed by atoms with Crippen molar-refractivity contribution in [2.24, 2.45) is 0 Å². The Morgan fingerprint density at radius 3 is 2.00 bits per heavy atom. The largest absolute Gasteiger partial charge is 0.115 e. The van der Waals surface area contributed by atoms with E-state index in [0.717, 1.165) is 16.7 Å². The molecule has 0 radical (unpaired) electrons. The smallest absolute Gasteiger partial charge is 0.0267 e. The maximum Gasteiger partial charge on any atom is 0.0267 e. The van der Waals surface area contributed by atoms with Crippen LogP contribution in [0.3, 0.4) is 0 Å². The van der Waals surface area contributed by atoms with E-state index in [1.807, 2.05) is 54.6 Å². The minimum absolute atomic E-state index is 0.831. The highest BCUT2D eigenvalue weighted by molar-refractivity contribution is 5.47. The van der Waals surface area contributed by atoms with E-state index in [1.54, 1.807) is 0 Å². The predicted molar refractivity (Wildman–Crippen MR) is 74.6 cm³/mol. The molecule has 0 unspecified atom stereocenters. The molecule has 0 saturated carbocycles. The van der Waals surface area contributed by atoms with Gasteiger partial charge in [0.25, 0.3) is 0 Å². The normalized spacial score (nSPS) is 8.17. The van der Waals surface area contributed by atoms with E-state index in [-0.39, 0.29) is 0 Å². The van der Waals surface area contributed by atoms with Crippen LogP contribution in [0.15, 0.2) is 54.6 Å². The molecule has 0 N–H and O–H groups in total. The van der Waals surface area contributed by atoms with Gasteiger partial charge in [-0.15, -0.1) is 6.42 Å². The van der Waals surface area contributed by atoms with Gasteiger partial charge in [0.15, 0.2) is 0 Å². The van der Waals surface area contributed by atoms with Crippen molar-refractivity contribution >= 4 is 0 Å². The summed E-state index contributed by atoms with van der Waals surface area (Å²) in [5.41, 5.74) is 2.68. The van der Waals surface area contributed by atoms with Crippen LogP contribution >= 0.6 is 0 Å². The van der Waals surface area contributed by atoms with Gasteiger partial charge in [-0.3, -0.25) is 0 Å². The van der Waals surface area contributed by atoms with Gasteiger partial charge in [-0.2, -0.15) is 0 Å². The summed E-state index contributed by atoms with van der Waals surface area (Å²) in [6.45, 7) is 0. The summed E-state index contributed by atoms with van der Waals surface area (Å²) in [7, 11) is 0. The summed E-state index contributed by atoms with van der Waals surface area (Å²) in [6.07, 6.45) is 5.32. The zero-order valence-corrected chi connectivity index (χ0v) is 9.77. The number of benzene rings is 2. The van der Waals surface area contributed by atoms with Crippen molar-refractivity contribution in [2.75, 3.05) is 0 Å². The topological polar surface area (TPSA) is 0 Å². The van der Waals surface area contributed by atoms with Crippen LogP contribution in [0.5, 0.6) is 0 Å². The van der Waals surface area contributed by atoms with Gasteiger partial charge < -0.3 is 0 Å². The minimum atomic E-state index is 0.831. The molecular weight excluding hydrogens is 216 g/mol. The zero-order valence-electron chi connectivity index (χ0n) is 9.77. The van der Waals surface area contributed by atoms with Crippen LogP contribution in [0.4, 0.5) is 0 Å². The first-order chi connectivity index (χ1) is 8.88. The highest BCUT2D eigenvalue weighted by Gasteiger charge is 1.87. The van der Waals surface area contributed by atoms with E-state index >= 15 is 0 Å². The fourth-order valence-electron chi connectivity index (χ4n) is 1.42. The van der Waals surface area contributed by atoms with Crippen LogP contribution in [0.2, 0.25) is 0 Å². The lowest BCUT2D eigenvalue weighted by molar-refractivity contribution is 1.60. The predicted octanol–water partition coefficient (Wildman–Crippen LogP) is 3.07. The quantitative estimate of drug-likeness (QED) is 0.606. The lowest BCUT2D eigenvalue weighted by atomic mass is 10.1. The van der Waals surface area contributed by atoms with Crippen molar-refractivity contribution in [1.82, 2.24) is 0 Å². The third-order valence-corrected chi connectivity index (χ3v) is 2.28. The standard InChI is InChI=1S/C18H10/c1-2-16-13-8-14-18(15-16)12-7-6-11-17-9-4-3-5-10-17/h1,3-5,8-10,13-15H. The molecule has 0 aliphatic heterocycles. The number of hydrogen-bond acceptors (Lipinski definition) is 0. The number of hydrogen-bond donors (Lipinski definition) is 0. The first-order valence-electron chi connectivity index (χ1n) is 5.52. The molecule has 0 spiro atoms. The van der Waals surface area contributed by atoms with Crippen LogP contribution in [-0.4, -0.2) is 0 Å². The first-order valence-corrected chi connectivity index (χ1v) is 5.52. The zero-order chi connectivity index (χ0) is 12.6. The molecule has 0 amide bonds. The molecule has 0 bridgehead atoms. The Bertz CT molecular complexity index is 693. The summed E-state index contributed by atoms with van der Waals surface area (Å²) in [6, 6.07) is 17.3. The van der Waals surface area contributed by atoms with Crippen molar-refractivity contribution in [3.8, 4) is 36.0 Å². The van der Waals surface area contributed by atoms with Crippen LogP contribution in [0, 0.1) is 36.0 Å². The Morgan fingerprint density at radius 2 is 1.28 bits per heavy atom. The van der Waals surface area contributed by atoms with E-state index in [9.17, 15) is 0 Å². The van der Waals surface area contributed by atoms with Gasteiger partial charge in [-0.1, -0.05) is 42.0 Å². The van der Waals surface area contributed by atoms with Crippen molar-refractivity contribution in [1.29, 1.82) is 0 Å². The van der Waals surface area contributed by atoms with Gasteiger partial charge in [0.2, 0.25) is 0 Å². The summed E-state index contributed by atoms with van der Waals surface area (Å²) >= 11 is 0. The molecule has 2 rings (SSSR count). The highest BCUT2D eigenvalue weighted by atomic mass is 13.9. The minimum Gasteiger partial charge on any atom is -0.115 e. The second-order valence-electron chi connectivity index (χ2n) is 3.59. The van der Waals surface area contributed by atoms with Gasteiger partial charge in [0.1, 0.15) is 0 Å². The van der Waals surface area contributed by atoms with Gasteiger partial charge in [-0.25, -0.2) is 0 Å². The average molecular weight is 226 g/mol. The molecule has 18 heavy (non-hydrogen) atoms.